The van der Waals surface area contributed by atoms with Crippen LogP contribution >= 0.6 is 25.6 Å². The van der Waals surface area contributed by atoms with Crippen LogP contribution in [0.2, 0.25) is 0 Å². The summed E-state index contributed by atoms with van der Waals surface area (Å²) in [5.41, 5.74) is 2.47. The largest absolute Gasteiger partial charge is 0.114 e. The number of hydrogen-bond acceptors (Lipinski definition) is 0. The molecule has 110 valence electrons. The molecule has 1 atom stereocenters. The maximum atomic E-state index is 2.22. The van der Waals surface area contributed by atoms with Crippen molar-refractivity contribution >= 4 is 48.3 Å². The zero-order valence-electron chi connectivity index (χ0n) is 12.1. The van der Waals surface area contributed by atoms with E-state index in [1.807, 2.05) is 6.07 Å². The molecule has 0 saturated heterocycles. The van der Waals surface area contributed by atoms with Crippen molar-refractivity contribution in [2.45, 2.75) is 0 Å². The Morgan fingerprint density at radius 2 is 0.955 bits per heavy atom. The summed E-state index contributed by atoms with van der Waals surface area (Å²) in [5, 5.41) is 2.75. The fourth-order valence-corrected chi connectivity index (χ4v) is 3.15. The van der Waals surface area contributed by atoms with Gasteiger partial charge in [0.15, 0.2) is 0 Å². The Morgan fingerprint density at radius 3 is 1.55 bits per heavy atom. The van der Waals surface area contributed by atoms with Crippen molar-refractivity contribution in [3.8, 4) is 0 Å². The van der Waals surface area contributed by atoms with Crippen molar-refractivity contribution in [2.24, 2.45) is 0 Å². The number of benzene rings is 3. The van der Waals surface area contributed by atoms with Gasteiger partial charge in [0, 0.05) is 0 Å². The summed E-state index contributed by atoms with van der Waals surface area (Å²) < 4.78 is 0. The predicted octanol–water partition coefficient (Wildman–Crippen LogP) is 5.06. The van der Waals surface area contributed by atoms with Gasteiger partial charge >= 0.3 is 0 Å². The molecule has 0 aliphatic rings. The first-order chi connectivity index (χ1) is 10.4. The van der Waals surface area contributed by atoms with Gasteiger partial charge in [0.05, 0.1) is 0 Å². The molecule has 0 radical (unpaired) electrons. The molecule has 0 N–H and O–H groups in total. The zero-order chi connectivity index (χ0) is 14.3. The maximum Gasteiger partial charge on any atom is -0.0226 e. The van der Waals surface area contributed by atoms with Crippen LogP contribution in [0, 0.1) is 0 Å². The Balaban J connectivity index is 0.00000176. The molecule has 1 unspecified atom stereocenters. The maximum absolute atomic E-state index is 2.22. The molecule has 0 amide bonds. The van der Waals surface area contributed by atoms with Gasteiger partial charge in [-0.3, -0.25) is 0 Å². The Labute approximate surface area is 144 Å². The first-order valence-corrected chi connectivity index (χ1v) is 8.05. The van der Waals surface area contributed by atoms with Gasteiger partial charge < -0.3 is 0 Å². The molecule has 0 saturated carbocycles. The van der Waals surface area contributed by atoms with Crippen LogP contribution in [0.4, 0.5) is 0 Å². The minimum absolute atomic E-state index is 0. The molecule has 0 aliphatic carbocycles. The highest BCUT2D eigenvalue weighted by atomic mass is 79.9. The van der Waals surface area contributed by atoms with Crippen LogP contribution in [0.1, 0.15) is 11.1 Å². The summed E-state index contributed by atoms with van der Waals surface area (Å²) in [6.07, 6.45) is 4.30. The summed E-state index contributed by atoms with van der Waals surface area (Å²) in [6, 6.07) is 29.8. The van der Waals surface area contributed by atoms with Crippen molar-refractivity contribution in [1.82, 2.24) is 0 Å². The van der Waals surface area contributed by atoms with E-state index in [1.54, 1.807) is 0 Å². The smallest absolute Gasteiger partial charge is 0.0226 e. The number of hydrogen-bond donors (Lipinski definition) is 0. The minimum Gasteiger partial charge on any atom is -0.114 e. The topological polar surface area (TPSA) is 0 Å². The summed E-state index contributed by atoms with van der Waals surface area (Å²) in [5.74, 6) is 0. The van der Waals surface area contributed by atoms with Gasteiger partial charge in [0.25, 0.3) is 0 Å². The normalized spacial score (nSPS) is 10.9. The molecule has 0 heterocycles. The summed E-state index contributed by atoms with van der Waals surface area (Å²) in [7, 11) is 0.724. The molecule has 0 aromatic heterocycles. The van der Waals surface area contributed by atoms with Gasteiger partial charge in [-0.05, 0) is 21.7 Å². The second kappa shape index (κ2) is 8.68. The Kier molecular flexibility index (Phi) is 6.58. The van der Waals surface area contributed by atoms with E-state index in [9.17, 15) is 0 Å². The average molecular weight is 369 g/mol. The van der Waals surface area contributed by atoms with Gasteiger partial charge in [0.2, 0.25) is 0 Å². The standard InChI is InChI=1S/C20H17P.BrH/c1-3-7-17(8-4-1)11-12-18-13-15-20(16-14-18)21-19-9-5-2-6-10-19;/h1-16,21H;1H. The van der Waals surface area contributed by atoms with E-state index in [-0.39, 0.29) is 17.0 Å². The second-order valence-corrected chi connectivity index (χ2v) is 6.26. The van der Waals surface area contributed by atoms with E-state index < -0.39 is 0 Å². The zero-order valence-corrected chi connectivity index (χ0v) is 14.9. The second-order valence-electron chi connectivity index (χ2n) is 4.86. The third-order valence-corrected chi connectivity index (χ3v) is 4.48. The molecule has 0 nitrogen and oxygen atoms in total. The summed E-state index contributed by atoms with van der Waals surface area (Å²) in [6.45, 7) is 0. The van der Waals surface area contributed by atoms with Gasteiger partial charge in [-0.25, -0.2) is 0 Å². The van der Waals surface area contributed by atoms with Gasteiger partial charge in [-0.15, -0.1) is 17.0 Å². The van der Waals surface area contributed by atoms with E-state index in [4.69, 9.17) is 0 Å². The minimum atomic E-state index is 0. The Bertz CT molecular complexity index is 704. The molecule has 3 aromatic carbocycles. The van der Waals surface area contributed by atoms with Crippen LogP contribution < -0.4 is 10.6 Å². The monoisotopic (exact) mass is 368 g/mol. The van der Waals surface area contributed by atoms with Gasteiger partial charge in [0.1, 0.15) is 0 Å². The predicted molar refractivity (Wildman–Crippen MR) is 106 cm³/mol. The van der Waals surface area contributed by atoms with E-state index in [2.05, 4.69) is 91.0 Å². The average Bonchev–Trinajstić information content (AvgIpc) is 2.56. The molecule has 3 rings (SSSR count). The lowest BCUT2D eigenvalue weighted by atomic mass is 10.1. The molecule has 2 heteroatoms. The van der Waals surface area contributed by atoms with Crippen LogP contribution in [-0.4, -0.2) is 0 Å². The molecule has 3 aromatic rings. The summed E-state index contributed by atoms with van der Waals surface area (Å²) >= 11 is 0. The lowest BCUT2D eigenvalue weighted by molar-refractivity contribution is 1.66. The molecule has 0 fully saturated rings. The van der Waals surface area contributed by atoms with E-state index >= 15 is 0 Å². The van der Waals surface area contributed by atoms with Crippen LogP contribution in [0.15, 0.2) is 84.9 Å². The highest BCUT2D eigenvalue weighted by Crippen LogP contribution is 2.12. The fourth-order valence-electron chi connectivity index (χ4n) is 2.12. The van der Waals surface area contributed by atoms with Crippen LogP contribution in [0.5, 0.6) is 0 Å². The SMILES string of the molecule is Br.C(=Cc1ccc(Pc2ccccc2)cc1)c1ccccc1. The lowest BCUT2D eigenvalue weighted by Gasteiger charge is -2.02. The number of rotatable bonds is 4. The highest BCUT2D eigenvalue weighted by molar-refractivity contribution is 8.93. The third kappa shape index (κ3) is 4.94. The molecule has 0 aliphatic heterocycles. The van der Waals surface area contributed by atoms with Gasteiger partial charge in [-0.1, -0.05) is 106 Å². The van der Waals surface area contributed by atoms with Crippen molar-refractivity contribution in [2.75, 3.05) is 0 Å². The molecule has 0 spiro atoms. The Morgan fingerprint density at radius 1 is 0.500 bits per heavy atom. The van der Waals surface area contributed by atoms with E-state index in [0.717, 1.165) is 8.58 Å². The van der Waals surface area contributed by atoms with Crippen molar-refractivity contribution < 1.29 is 0 Å². The first kappa shape index (κ1) is 16.7. The van der Waals surface area contributed by atoms with Crippen LogP contribution in [0.3, 0.4) is 0 Å². The van der Waals surface area contributed by atoms with E-state index in [1.165, 1.54) is 21.7 Å². The lowest BCUT2D eigenvalue weighted by Crippen LogP contribution is -2.02. The van der Waals surface area contributed by atoms with Crippen LogP contribution in [-0.2, 0) is 0 Å². The van der Waals surface area contributed by atoms with Crippen molar-refractivity contribution in [1.29, 1.82) is 0 Å². The molecular weight excluding hydrogens is 351 g/mol. The van der Waals surface area contributed by atoms with E-state index in [0.29, 0.717) is 0 Å². The highest BCUT2D eigenvalue weighted by Gasteiger charge is 1.95. The Hall–Kier alpha value is -1.69. The first-order valence-electron chi connectivity index (χ1n) is 7.05. The fraction of sp³-hybridized carbons (Fsp3) is 0. The van der Waals surface area contributed by atoms with Gasteiger partial charge in [-0.2, -0.15) is 0 Å². The molecule has 22 heavy (non-hydrogen) atoms. The van der Waals surface area contributed by atoms with Crippen molar-refractivity contribution in [3.05, 3.63) is 96.1 Å². The molecular formula is C20H18BrP. The van der Waals surface area contributed by atoms with Crippen LogP contribution in [0.25, 0.3) is 12.2 Å². The third-order valence-electron chi connectivity index (χ3n) is 3.24. The quantitative estimate of drug-likeness (QED) is 0.445. The number of halogens is 1. The van der Waals surface area contributed by atoms with Crippen molar-refractivity contribution in [3.63, 3.8) is 0 Å². The summed E-state index contributed by atoms with van der Waals surface area (Å²) in [4.78, 5) is 0. The molecule has 0 bridgehead atoms.